The topological polar surface area (TPSA) is 146 Å². The highest BCUT2D eigenvalue weighted by Crippen LogP contribution is 2.39. The number of rotatable bonds is 6. The number of alkyl halides is 4. The third-order valence-electron chi connectivity index (χ3n) is 12.3. The van der Waals surface area contributed by atoms with Gasteiger partial charge >= 0.3 is 12.2 Å². The summed E-state index contributed by atoms with van der Waals surface area (Å²) in [5.41, 5.74) is 1.25. The molecule has 22 heteroatoms. The maximum absolute atomic E-state index is 14.8. The number of ether oxygens (including phenoxy) is 2. The normalized spacial score (nSPS) is 17.1. The summed E-state index contributed by atoms with van der Waals surface area (Å²) in [7, 11) is 3.04. The van der Waals surface area contributed by atoms with Crippen LogP contribution in [0.1, 0.15) is 60.2 Å². The van der Waals surface area contributed by atoms with Gasteiger partial charge in [0.25, 0.3) is 11.1 Å². The van der Waals surface area contributed by atoms with Crippen molar-refractivity contribution < 1.29 is 44.6 Å². The molecule has 8 aromatic rings. The Balaban J connectivity index is 0.000000191. The van der Waals surface area contributed by atoms with Gasteiger partial charge in [-0.15, -0.1) is 0 Å². The standard InChI is InChI=1S/2C25H21F4N5O2.C2H6/c2*1-13-8-15(6-7-30-13)20-11-34(12-25(28,29)36-20)21-10-18-23(31-14(2)33(3)24(18)35)22(32-21)17-5-4-16(26)9-19(17)27;1-2/h2*4-10,20H,11-12H2,1-3H3;1-2H3/t2*20-;/m10./s1. The number of morpholine rings is 2. The number of benzene rings is 2. The number of aryl methyl sites for hydroxylation is 4. The van der Waals surface area contributed by atoms with Gasteiger partial charge in [0.15, 0.2) is 0 Å². The van der Waals surface area contributed by atoms with Crippen LogP contribution in [0.5, 0.6) is 0 Å². The molecule has 2 saturated heterocycles. The molecule has 2 aromatic carbocycles. The van der Waals surface area contributed by atoms with Crippen LogP contribution in [0, 0.1) is 51.0 Å². The fourth-order valence-electron chi connectivity index (χ4n) is 8.56. The van der Waals surface area contributed by atoms with Crippen LogP contribution in [-0.2, 0) is 23.6 Å². The molecule has 8 heterocycles. The first kappa shape index (κ1) is 52.6. The zero-order valence-electron chi connectivity index (χ0n) is 41.2. The number of hydrogen-bond acceptors (Lipinski definition) is 12. The van der Waals surface area contributed by atoms with Crippen molar-refractivity contribution in [3.8, 4) is 22.5 Å². The predicted octanol–water partition coefficient (Wildman–Crippen LogP) is 9.94. The van der Waals surface area contributed by atoms with Crippen molar-refractivity contribution in [1.29, 1.82) is 0 Å². The Labute approximate surface area is 417 Å². The van der Waals surface area contributed by atoms with E-state index in [4.69, 9.17) is 9.47 Å². The first-order valence-corrected chi connectivity index (χ1v) is 23.2. The summed E-state index contributed by atoms with van der Waals surface area (Å²) in [5, 5.41) is 0.135. The second-order valence-corrected chi connectivity index (χ2v) is 17.5. The molecular formula is C52H48F8N10O4. The molecule has 2 fully saturated rings. The van der Waals surface area contributed by atoms with E-state index in [1.807, 2.05) is 13.8 Å². The van der Waals surface area contributed by atoms with Crippen molar-refractivity contribution in [2.24, 2.45) is 14.1 Å². The largest absolute Gasteiger partial charge is 0.373 e. The molecule has 74 heavy (non-hydrogen) atoms. The van der Waals surface area contributed by atoms with E-state index >= 15 is 0 Å². The van der Waals surface area contributed by atoms with Crippen LogP contribution in [0.15, 0.2) is 94.8 Å². The van der Waals surface area contributed by atoms with Crippen molar-refractivity contribution in [3.63, 3.8) is 0 Å². The van der Waals surface area contributed by atoms with Gasteiger partial charge in [0.2, 0.25) is 0 Å². The lowest BCUT2D eigenvalue weighted by molar-refractivity contribution is -0.270. The first-order valence-electron chi connectivity index (χ1n) is 23.2. The fourth-order valence-corrected chi connectivity index (χ4v) is 8.56. The van der Waals surface area contributed by atoms with Crippen molar-refractivity contribution in [3.05, 3.63) is 163 Å². The number of fused-ring (bicyclic) bond motifs is 2. The highest BCUT2D eigenvalue weighted by molar-refractivity contribution is 5.94. The minimum atomic E-state index is -3.53. The number of hydrogen-bond donors (Lipinski definition) is 0. The van der Waals surface area contributed by atoms with Gasteiger partial charge in [-0.2, -0.15) is 17.6 Å². The molecule has 10 rings (SSSR count). The zero-order valence-corrected chi connectivity index (χ0v) is 41.2. The van der Waals surface area contributed by atoms with Crippen molar-refractivity contribution in [2.75, 3.05) is 36.0 Å². The summed E-state index contributed by atoms with van der Waals surface area (Å²) in [6, 6.07) is 15.1. The van der Waals surface area contributed by atoms with E-state index in [0.29, 0.717) is 46.3 Å². The third-order valence-corrected chi connectivity index (χ3v) is 12.3. The van der Waals surface area contributed by atoms with Gasteiger partial charge in [0, 0.05) is 61.1 Å². The van der Waals surface area contributed by atoms with Gasteiger partial charge in [-0.1, -0.05) is 13.8 Å². The second kappa shape index (κ2) is 20.7. The van der Waals surface area contributed by atoms with E-state index in [1.165, 1.54) is 69.7 Å². The monoisotopic (exact) mass is 1030 g/mol. The van der Waals surface area contributed by atoms with Gasteiger partial charge in [0.05, 0.1) is 23.9 Å². The van der Waals surface area contributed by atoms with Crippen molar-refractivity contribution in [1.82, 2.24) is 39.0 Å². The third kappa shape index (κ3) is 10.8. The Hall–Kier alpha value is -7.72. The minimum Gasteiger partial charge on any atom is -0.345 e. The second-order valence-electron chi connectivity index (χ2n) is 17.5. The molecule has 2 aliphatic heterocycles. The predicted molar refractivity (Wildman–Crippen MR) is 261 cm³/mol. The maximum atomic E-state index is 14.8. The molecule has 0 bridgehead atoms. The molecule has 0 N–H and O–H groups in total. The number of nitrogens with zero attached hydrogens (tertiary/aromatic N) is 10. The average Bonchev–Trinajstić information content (AvgIpc) is 3.35. The maximum Gasteiger partial charge on any atom is 0.373 e. The quantitative estimate of drug-likeness (QED) is 0.146. The molecule has 2 aliphatic rings. The van der Waals surface area contributed by atoms with E-state index in [0.717, 1.165) is 12.1 Å². The number of pyridine rings is 4. The summed E-state index contributed by atoms with van der Waals surface area (Å²) in [6.07, 6.45) is -6.09. The van der Waals surface area contributed by atoms with Gasteiger partial charge in [-0.3, -0.25) is 28.7 Å². The van der Waals surface area contributed by atoms with Gasteiger partial charge in [-0.05, 0) is 99.5 Å². The smallest absolute Gasteiger partial charge is 0.345 e. The Morgan fingerprint density at radius 2 is 0.919 bits per heavy atom. The van der Waals surface area contributed by atoms with E-state index in [1.54, 1.807) is 52.0 Å². The van der Waals surface area contributed by atoms with Crippen LogP contribution in [0.25, 0.3) is 44.3 Å². The highest BCUT2D eigenvalue weighted by Gasteiger charge is 2.44. The van der Waals surface area contributed by atoms with Crippen molar-refractivity contribution in [2.45, 2.75) is 66.0 Å². The fraction of sp³-hybridized carbons (Fsp3) is 0.308. The van der Waals surface area contributed by atoms with E-state index in [9.17, 15) is 44.7 Å². The Bertz CT molecular complexity index is 3350. The molecule has 6 aromatic heterocycles. The number of halogens is 8. The Morgan fingerprint density at radius 3 is 1.27 bits per heavy atom. The van der Waals surface area contributed by atoms with E-state index in [-0.39, 0.29) is 69.0 Å². The SMILES string of the molecule is CC.Cc1cc([C@@H]2CN(c3cc4c(=O)n(C)c(C)nc4c(-c4ccc(F)cc4F)n3)CC(F)(F)O2)ccn1.Cc1cc([C@H]2CN(c3cc4c(=O)n(C)c(C)nc4c(-c4ccc(F)cc4F)n3)CC(F)(F)O2)ccn1. The molecule has 0 radical (unpaired) electrons. The summed E-state index contributed by atoms with van der Waals surface area (Å²) in [6.45, 7) is 8.98. The molecule has 14 nitrogen and oxygen atoms in total. The number of aromatic nitrogens is 8. The lowest BCUT2D eigenvalue weighted by Gasteiger charge is -2.38. The Kier molecular flexibility index (Phi) is 14.7. The van der Waals surface area contributed by atoms with Crippen LogP contribution in [0.4, 0.5) is 46.8 Å². The lowest BCUT2D eigenvalue weighted by Crippen LogP contribution is -2.48. The summed E-state index contributed by atoms with van der Waals surface area (Å²) >= 11 is 0. The van der Waals surface area contributed by atoms with Gasteiger partial charge in [0.1, 0.15) is 94.3 Å². The lowest BCUT2D eigenvalue weighted by atomic mass is 10.1. The molecule has 0 saturated carbocycles. The number of anilines is 2. The van der Waals surface area contributed by atoms with Crippen LogP contribution in [0.2, 0.25) is 0 Å². The van der Waals surface area contributed by atoms with Crippen LogP contribution in [0.3, 0.4) is 0 Å². The molecule has 0 amide bonds. The molecule has 2 atom stereocenters. The molecule has 386 valence electrons. The highest BCUT2D eigenvalue weighted by atomic mass is 19.3. The first-order chi connectivity index (χ1) is 35.0. The Morgan fingerprint density at radius 1 is 0.541 bits per heavy atom. The summed E-state index contributed by atoms with van der Waals surface area (Å²) < 4.78 is 128. The summed E-state index contributed by atoms with van der Waals surface area (Å²) in [4.78, 5) is 54.7. The summed E-state index contributed by atoms with van der Waals surface area (Å²) in [5.74, 6) is -2.70. The average molecular weight is 1030 g/mol. The molecule has 0 aliphatic carbocycles. The van der Waals surface area contributed by atoms with Crippen LogP contribution < -0.4 is 20.9 Å². The van der Waals surface area contributed by atoms with Crippen molar-refractivity contribution >= 4 is 33.4 Å². The van der Waals surface area contributed by atoms with E-state index in [2.05, 4.69) is 29.9 Å². The van der Waals surface area contributed by atoms with Crippen LogP contribution >= 0.6 is 0 Å². The molecule has 0 spiro atoms. The van der Waals surface area contributed by atoms with E-state index < -0.39 is 71.9 Å². The van der Waals surface area contributed by atoms with Crippen LogP contribution in [-0.4, -0.2) is 77.4 Å². The molecular weight excluding hydrogens is 981 g/mol. The van der Waals surface area contributed by atoms with Gasteiger partial charge < -0.3 is 19.3 Å². The zero-order chi connectivity index (χ0) is 53.6. The molecule has 0 unspecified atom stereocenters. The minimum absolute atomic E-state index is 0.0114. The van der Waals surface area contributed by atoms with Gasteiger partial charge in [-0.25, -0.2) is 37.5 Å².